The van der Waals surface area contributed by atoms with E-state index in [9.17, 15) is 9.59 Å². The van der Waals surface area contributed by atoms with Gasteiger partial charge in [-0.3, -0.25) is 0 Å². The fraction of sp³-hybridized carbons (Fsp3) is 0.467. The van der Waals surface area contributed by atoms with E-state index in [1.807, 2.05) is 37.3 Å². The van der Waals surface area contributed by atoms with Crippen molar-refractivity contribution < 1.29 is 19.1 Å². The lowest BCUT2D eigenvalue weighted by Gasteiger charge is -2.16. The van der Waals surface area contributed by atoms with Gasteiger partial charge in [-0.1, -0.05) is 50.1 Å². The molecule has 0 fully saturated rings. The van der Waals surface area contributed by atoms with Gasteiger partial charge >= 0.3 is 12.1 Å². The highest BCUT2D eigenvalue weighted by molar-refractivity contribution is 5.81. The second-order valence-electron chi connectivity index (χ2n) is 4.42. The molecule has 1 aromatic carbocycles. The highest BCUT2D eigenvalue weighted by atomic mass is 16.6. The summed E-state index contributed by atoms with van der Waals surface area (Å²) in [5.74, 6) is -0.449. The third-order valence-corrected chi connectivity index (χ3v) is 2.84. The molecule has 1 rings (SSSR count). The van der Waals surface area contributed by atoms with E-state index >= 15 is 0 Å². The number of amides is 1. The summed E-state index contributed by atoms with van der Waals surface area (Å²) in [5, 5.41) is 2.54. The first-order chi connectivity index (χ1) is 9.67. The Morgan fingerprint density at radius 2 is 1.95 bits per heavy atom. The van der Waals surface area contributed by atoms with Crippen LogP contribution in [-0.2, 0) is 20.9 Å². The number of esters is 1. The van der Waals surface area contributed by atoms with Crippen molar-refractivity contribution in [2.24, 2.45) is 0 Å². The number of carbonyl (C=O) groups excluding carboxylic acids is 2. The monoisotopic (exact) mass is 279 g/mol. The summed E-state index contributed by atoms with van der Waals surface area (Å²) in [6.07, 6.45) is 1.71. The smallest absolute Gasteiger partial charge is 0.408 e. The molecule has 0 aliphatic carbocycles. The number of methoxy groups -OCH3 is 1. The molecule has 0 heterocycles. The molecule has 1 N–H and O–H groups in total. The number of rotatable bonds is 7. The predicted molar refractivity (Wildman–Crippen MR) is 75.1 cm³/mol. The van der Waals surface area contributed by atoms with Gasteiger partial charge in [-0.05, 0) is 12.0 Å². The van der Waals surface area contributed by atoms with E-state index < -0.39 is 18.1 Å². The van der Waals surface area contributed by atoms with Gasteiger partial charge in [0.25, 0.3) is 0 Å². The van der Waals surface area contributed by atoms with Crippen LogP contribution in [0.15, 0.2) is 30.3 Å². The molecule has 0 aromatic heterocycles. The van der Waals surface area contributed by atoms with Crippen molar-refractivity contribution in [3.63, 3.8) is 0 Å². The van der Waals surface area contributed by atoms with Crippen molar-refractivity contribution in [3.8, 4) is 0 Å². The van der Waals surface area contributed by atoms with Crippen molar-refractivity contribution in [2.75, 3.05) is 7.11 Å². The second-order valence-corrected chi connectivity index (χ2v) is 4.42. The van der Waals surface area contributed by atoms with Gasteiger partial charge in [-0.2, -0.15) is 0 Å². The zero-order valence-electron chi connectivity index (χ0n) is 11.9. The fourth-order valence-electron chi connectivity index (χ4n) is 1.71. The highest BCUT2D eigenvalue weighted by Crippen LogP contribution is 2.04. The molecular weight excluding hydrogens is 258 g/mol. The topological polar surface area (TPSA) is 64.6 Å². The van der Waals surface area contributed by atoms with E-state index in [0.29, 0.717) is 6.42 Å². The van der Waals surface area contributed by atoms with E-state index in [1.54, 1.807) is 0 Å². The predicted octanol–water partition coefficient (Wildman–Crippen LogP) is 2.64. The zero-order chi connectivity index (χ0) is 14.8. The Labute approximate surface area is 119 Å². The van der Waals surface area contributed by atoms with Crippen LogP contribution in [0.4, 0.5) is 4.79 Å². The molecule has 1 unspecified atom stereocenters. The molecule has 1 amide bonds. The molecule has 20 heavy (non-hydrogen) atoms. The Bertz CT molecular complexity index is 419. The van der Waals surface area contributed by atoms with Crippen LogP contribution in [0.25, 0.3) is 0 Å². The summed E-state index contributed by atoms with van der Waals surface area (Å²) in [6.45, 7) is 2.19. The van der Waals surface area contributed by atoms with E-state index in [2.05, 4.69) is 10.1 Å². The molecule has 1 atom stereocenters. The summed E-state index contributed by atoms with van der Waals surface area (Å²) in [5.41, 5.74) is 0.894. The van der Waals surface area contributed by atoms with Gasteiger partial charge in [0.1, 0.15) is 12.6 Å². The molecule has 0 saturated carbocycles. The number of benzene rings is 1. The number of unbranched alkanes of at least 4 members (excludes halogenated alkanes) is 1. The van der Waals surface area contributed by atoms with Gasteiger partial charge in [-0.25, -0.2) is 9.59 Å². The van der Waals surface area contributed by atoms with Crippen molar-refractivity contribution in [1.29, 1.82) is 0 Å². The quantitative estimate of drug-likeness (QED) is 0.779. The summed E-state index contributed by atoms with van der Waals surface area (Å²) in [4.78, 5) is 23.2. The van der Waals surface area contributed by atoms with Crippen LogP contribution < -0.4 is 5.32 Å². The molecule has 0 bridgehead atoms. The number of hydrogen-bond donors (Lipinski definition) is 1. The maximum atomic E-state index is 11.7. The zero-order valence-corrected chi connectivity index (χ0v) is 11.9. The van der Waals surface area contributed by atoms with Crippen LogP contribution >= 0.6 is 0 Å². The minimum Gasteiger partial charge on any atom is -0.467 e. The van der Waals surface area contributed by atoms with Gasteiger partial charge in [0.2, 0.25) is 0 Å². The van der Waals surface area contributed by atoms with Crippen LogP contribution in [0.2, 0.25) is 0 Å². The molecule has 0 radical (unpaired) electrons. The molecule has 0 aliphatic heterocycles. The van der Waals surface area contributed by atoms with Crippen LogP contribution in [0.3, 0.4) is 0 Å². The van der Waals surface area contributed by atoms with Crippen molar-refractivity contribution >= 4 is 12.1 Å². The standard InChI is InChI=1S/C15H21NO4/c1-3-4-10-13(14(17)19-2)16-15(18)20-11-12-8-6-5-7-9-12/h5-9,13H,3-4,10-11H2,1-2H3,(H,16,18). The third kappa shape index (κ3) is 5.73. The van der Waals surface area contributed by atoms with Crippen LogP contribution in [0.1, 0.15) is 31.7 Å². The SMILES string of the molecule is CCCCC(NC(=O)OCc1ccccc1)C(=O)OC. The third-order valence-electron chi connectivity index (χ3n) is 2.84. The van der Waals surface area contributed by atoms with Gasteiger partial charge in [0.05, 0.1) is 7.11 Å². The minimum absolute atomic E-state index is 0.175. The fourth-order valence-corrected chi connectivity index (χ4v) is 1.71. The number of nitrogens with one attached hydrogen (secondary N) is 1. The van der Waals surface area contributed by atoms with Crippen LogP contribution in [-0.4, -0.2) is 25.2 Å². The average Bonchev–Trinajstić information content (AvgIpc) is 2.49. The lowest BCUT2D eigenvalue weighted by molar-refractivity contribution is -0.143. The van der Waals surface area contributed by atoms with Crippen molar-refractivity contribution in [1.82, 2.24) is 5.32 Å². The Kier molecular flexibility index (Phi) is 7.17. The Morgan fingerprint density at radius 3 is 2.55 bits per heavy atom. The largest absolute Gasteiger partial charge is 0.467 e. The molecule has 110 valence electrons. The van der Waals surface area contributed by atoms with Gasteiger partial charge in [-0.15, -0.1) is 0 Å². The first kappa shape index (κ1) is 16.0. The minimum atomic E-state index is -0.650. The number of carbonyl (C=O) groups is 2. The van der Waals surface area contributed by atoms with Crippen molar-refractivity contribution in [2.45, 2.75) is 38.8 Å². The maximum Gasteiger partial charge on any atom is 0.408 e. The van der Waals surface area contributed by atoms with E-state index in [1.165, 1.54) is 7.11 Å². The average molecular weight is 279 g/mol. The van der Waals surface area contributed by atoms with E-state index in [4.69, 9.17) is 4.74 Å². The molecule has 0 saturated heterocycles. The Hall–Kier alpha value is -2.04. The van der Waals surface area contributed by atoms with Crippen molar-refractivity contribution in [3.05, 3.63) is 35.9 Å². The summed E-state index contributed by atoms with van der Waals surface area (Å²) < 4.78 is 9.74. The van der Waals surface area contributed by atoms with E-state index in [-0.39, 0.29) is 6.61 Å². The van der Waals surface area contributed by atoms with Gasteiger partial charge in [0, 0.05) is 0 Å². The first-order valence-corrected chi connectivity index (χ1v) is 6.72. The second kappa shape index (κ2) is 8.96. The summed E-state index contributed by atoms with van der Waals surface area (Å²) in [7, 11) is 1.30. The highest BCUT2D eigenvalue weighted by Gasteiger charge is 2.21. The number of alkyl carbamates (subject to hydrolysis) is 1. The van der Waals surface area contributed by atoms with E-state index in [0.717, 1.165) is 18.4 Å². The summed E-state index contributed by atoms with van der Waals surface area (Å²) >= 11 is 0. The first-order valence-electron chi connectivity index (χ1n) is 6.72. The normalized spacial score (nSPS) is 11.5. The molecular formula is C15H21NO4. The number of ether oxygens (including phenoxy) is 2. The van der Waals surface area contributed by atoms with Gasteiger partial charge in [0.15, 0.2) is 0 Å². The Balaban J connectivity index is 2.43. The molecule has 5 nitrogen and oxygen atoms in total. The van der Waals surface area contributed by atoms with Crippen LogP contribution in [0.5, 0.6) is 0 Å². The summed E-state index contributed by atoms with van der Waals surface area (Å²) in [6, 6.07) is 8.71. The molecule has 0 aliphatic rings. The van der Waals surface area contributed by atoms with Crippen LogP contribution in [0, 0.1) is 0 Å². The molecule has 5 heteroatoms. The van der Waals surface area contributed by atoms with Gasteiger partial charge < -0.3 is 14.8 Å². The number of hydrogen-bond acceptors (Lipinski definition) is 4. The lowest BCUT2D eigenvalue weighted by Crippen LogP contribution is -2.41. The Morgan fingerprint density at radius 1 is 1.25 bits per heavy atom. The molecule has 1 aromatic rings. The maximum absolute atomic E-state index is 11.7. The molecule has 0 spiro atoms. The lowest BCUT2D eigenvalue weighted by atomic mass is 10.1.